The molecule has 112 valence electrons. The highest BCUT2D eigenvalue weighted by atomic mass is 79.9. The minimum atomic E-state index is -0.844. The van der Waals surface area contributed by atoms with Gasteiger partial charge in [-0.1, -0.05) is 15.9 Å². The number of rotatable bonds is 13. The maximum absolute atomic E-state index is 11.2. The molecule has 19 heavy (non-hydrogen) atoms. The van der Waals surface area contributed by atoms with Crippen LogP contribution >= 0.6 is 15.9 Å². The van der Waals surface area contributed by atoms with E-state index >= 15 is 0 Å². The molecule has 0 bridgehead atoms. The van der Waals surface area contributed by atoms with E-state index < -0.39 is 5.97 Å². The molecule has 0 atom stereocenters. The predicted molar refractivity (Wildman–Crippen MR) is 72.5 cm³/mol. The molecule has 0 aliphatic rings. The number of halogens is 1. The quantitative estimate of drug-likeness (QED) is 0.311. The smallest absolute Gasteiger partial charge is 0.305 e. The number of unbranched alkanes of at least 4 members (excludes halogenated alkanes) is 1. The number of hydrogen-bond donors (Lipinski definition) is 1. The molecule has 0 amide bonds. The van der Waals surface area contributed by atoms with Crippen LogP contribution in [0.25, 0.3) is 0 Å². The Bertz CT molecular complexity index is 246. The van der Waals surface area contributed by atoms with Crippen LogP contribution < -0.4 is 0 Å². The van der Waals surface area contributed by atoms with Crippen molar-refractivity contribution in [3.05, 3.63) is 0 Å². The lowest BCUT2D eigenvalue weighted by Gasteiger charge is -2.06. The molecule has 0 aliphatic carbocycles. The van der Waals surface area contributed by atoms with Crippen molar-refractivity contribution in [2.75, 3.05) is 38.4 Å². The van der Waals surface area contributed by atoms with Crippen LogP contribution in [0.5, 0.6) is 0 Å². The lowest BCUT2D eigenvalue weighted by Crippen LogP contribution is -2.13. The first-order valence-corrected chi connectivity index (χ1v) is 7.38. The van der Waals surface area contributed by atoms with Gasteiger partial charge in [0.1, 0.15) is 6.61 Å². The number of carbonyl (C=O) groups excluding carboxylic acids is 1. The van der Waals surface area contributed by atoms with Crippen LogP contribution in [0.2, 0.25) is 0 Å². The fraction of sp³-hybridized carbons (Fsp3) is 0.833. The second-order valence-electron chi connectivity index (χ2n) is 3.74. The van der Waals surface area contributed by atoms with Crippen molar-refractivity contribution < 1.29 is 28.9 Å². The zero-order valence-electron chi connectivity index (χ0n) is 10.9. The van der Waals surface area contributed by atoms with Gasteiger partial charge < -0.3 is 19.3 Å². The Kier molecular flexibility index (Phi) is 13.3. The fourth-order valence-electron chi connectivity index (χ4n) is 1.21. The molecule has 0 rings (SSSR count). The summed E-state index contributed by atoms with van der Waals surface area (Å²) in [6, 6.07) is 0. The van der Waals surface area contributed by atoms with Crippen LogP contribution in [0.1, 0.15) is 25.7 Å². The summed E-state index contributed by atoms with van der Waals surface area (Å²) in [7, 11) is 0. The highest BCUT2D eigenvalue weighted by Crippen LogP contribution is 2.01. The normalized spacial score (nSPS) is 10.4. The topological polar surface area (TPSA) is 82.1 Å². The Hall–Kier alpha value is -0.660. The number of carboxylic acids is 1. The van der Waals surface area contributed by atoms with Crippen molar-refractivity contribution in [2.24, 2.45) is 0 Å². The molecule has 0 saturated heterocycles. The Morgan fingerprint density at radius 2 is 1.47 bits per heavy atom. The monoisotopic (exact) mass is 340 g/mol. The fourth-order valence-corrected chi connectivity index (χ4v) is 1.44. The van der Waals surface area contributed by atoms with Crippen LogP contribution in [0.3, 0.4) is 0 Å². The summed E-state index contributed by atoms with van der Waals surface area (Å²) in [5, 5.41) is 9.21. The van der Waals surface area contributed by atoms with E-state index in [4.69, 9.17) is 19.3 Å². The Morgan fingerprint density at radius 1 is 0.895 bits per heavy atom. The molecule has 0 aromatic heterocycles. The molecule has 0 aliphatic heterocycles. The lowest BCUT2D eigenvalue weighted by molar-refractivity contribution is -0.146. The second-order valence-corrected chi connectivity index (χ2v) is 4.53. The average Bonchev–Trinajstić information content (AvgIpc) is 2.37. The van der Waals surface area contributed by atoms with E-state index in [2.05, 4.69) is 15.9 Å². The highest BCUT2D eigenvalue weighted by molar-refractivity contribution is 9.09. The van der Waals surface area contributed by atoms with E-state index in [0.717, 1.165) is 5.33 Å². The highest BCUT2D eigenvalue weighted by Gasteiger charge is 2.03. The molecule has 0 fully saturated rings. The van der Waals surface area contributed by atoms with Gasteiger partial charge in [0.25, 0.3) is 0 Å². The number of aliphatic carboxylic acids is 1. The summed E-state index contributed by atoms with van der Waals surface area (Å²) in [4.78, 5) is 21.4. The third-order valence-corrected chi connectivity index (χ3v) is 2.43. The molecular weight excluding hydrogens is 320 g/mol. The summed E-state index contributed by atoms with van der Waals surface area (Å²) < 4.78 is 15.3. The summed E-state index contributed by atoms with van der Waals surface area (Å²) in [6.45, 7) is 2.21. The van der Waals surface area contributed by atoms with E-state index in [9.17, 15) is 9.59 Å². The van der Waals surface area contributed by atoms with Crippen LogP contribution in [0, 0.1) is 0 Å². The van der Waals surface area contributed by atoms with Gasteiger partial charge in [-0.2, -0.15) is 0 Å². The molecule has 0 saturated carbocycles. The first kappa shape index (κ1) is 18.3. The van der Waals surface area contributed by atoms with E-state index in [-0.39, 0.29) is 25.4 Å². The van der Waals surface area contributed by atoms with Crippen LogP contribution in [-0.4, -0.2) is 55.4 Å². The van der Waals surface area contributed by atoms with Gasteiger partial charge in [-0.25, -0.2) is 0 Å². The van der Waals surface area contributed by atoms with Crippen molar-refractivity contribution in [2.45, 2.75) is 25.7 Å². The van der Waals surface area contributed by atoms with Gasteiger partial charge in [0.15, 0.2) is 0 Å². The number of hydrogen-bond acceptors (Lipinski definition) is 5. The van der Waals surface area contributed by atoms with Crippen LogP contribution in [0.15, 0.2) is 0 Å². The first-order valence-electron chi connectivity index (χ1n) is 6.25. The van der Waals surface area contributed by atoms with Gasteiger partial charge in [0, 0.05) is 18.2 Å². The van der Waals surface area contributed by atoms with Crippen molar-refractivity contribution in [1.82, 2.24) is 0 Å². The zero-order chi connectivity index (χ0) is 14.3. The van der Waals surface area contributed by atoms with Gasteiger partial charge in [0.05, 0.1) is 26.4 Å². The minimum absolute atomic E-state index is 0.0881. The standard InChI is InChI=1S/C12H21BrO6/c13-5-6-17-7-8-18-9-10-19-12(16)4-2-1-3-11(14)15/h1-10H2,(H,14,15). The van der Waals surface area contributed by atoms with E-state index in [1.54, 1.807) is 0 Å². The number of ether oxygens (including phenoxy) is 3. The lowest BCUT2D eigenvalue weighted by atomic mass is 10.2. The summed E-state index contributed by atoms with van der Waals surface area (Å²) in [5.41, 5.74) is 0. The summed E-state index contributed by atoms with van der Waals surface area (Å²) in [6.07, 6.45) is 1.37. The molecule has 0 aromatic carbocycles. The molecule has 0 radical (unpaired) electrons. The molecule has 7 heteroatoms. The third kappa shape index (κ3) is 15.3. The largest absolute Gasteiger partial charge is 0.481 e. The number of carboxylic acid groups (broad SMARTS) is 1. The third-order valence-electron chi connectivity index (χ3n) is 2.11. The van der Waals surface area contributed by atoms with Crippen molar-refractivity contribution >= 4 is 27.9 Å². The maximum Gasteiger partial charge on any atom is 0.305 e. The number of esters is 1. The molecule has 6 nitrogen and oxygen atoms in total. The molecular formula is C12H21BrO6. The molecule has 0 spiro atoms. The molecule has 0 aromatic rings. The predicted octanol–water partition coefficient (Wildman–Crippen LogP) is 1.60. The average molecular weight is 341 g/mol. The number of alkyl halides is 1. The van der Waals surface area contributed by atoms with Gasteiger partial charge >= 0.3 is 11.9 Å². The Balaban J connectivity index is 3.18. The van der Waals surface area contributed by atoms with E-state index in [0.29, 0.717) is 39.3 Å². The van der Waals surface area contributed by atoms with Crippen molar-refractivity contribution in [1.29, 1.82) is 0 Å². The molecule has 1 N–H and O–H groups in total. The summed E-state index contributed by atoms with van der Waals surface area (Å²) in [5.74, 6) is -1.16. The van der Waals surface area contributed by atoms with Crippen molar-refractivity contribution in [3.8, 4) is 0 Å². The maximum atomic E-state index is 11.2. The van der Waals surface area contributed by atoms with E-state index in [1.807, 2.05) is 0 Å². The Morgan fingerprint density at radius 3 is 2.11 bits per heavy atom. The number of carbonyl (C=O) groups is 2. The first-order chi connectivity index (χ1) is 9.16. The SMILES string of the molecule is O=C(O)CCCCC(=O)OCCOCCOCCBr. The van der Waals surface area contributed by atoms with Gasteiger partial charge in [-0.05, 0) is 12.8 Å². The second kappa shape index (κ2) is 13.8. The molecule has 0 unspecified atom stereocenters. The van der Waals surface area contributed by atoms with E-state index in [1.165, 1.54) is 0 Å². The minimum Gasteiger partial charge on any atom is -0.481 e. The van der Waals surface area contributed by atoms with Gasteiger partial charge in [-0.15, -0.1) is 0 Å². The van der Waals surface area contributed by atoms with Gasteiger partial charge in [0.2, 0.25) is 0 Å². The summed E-state index contributed by atoms with van der Waals surface area (Å²) >= 11 is 3.24. The van der Waals surface area contributed by atoms with Crippen LogP contribution in [-0.2, 0) is 23.8 Å². The molecule has 0 heterocycles. The van der Waals surface area contributed by atoms with Crippen LogP contribution in [0.4, 0.5) is 0 Å². The van der Waals surface area contributed by atoms with Crippen molar-refractivity contribution in [3.63, 3.8) is 0 Å². The Labute approximate surface area is 121 Å². The zero-order valence-corrected chi connectivity index (χ0v) is 12.5. The van der Waals surface area contributed by atoms with Gasteiger partial charge in [-0.3, -0.25) is 9.59 Å².